The number of benzene rings is 2. The summed E-state index contributed by atoms with van der Waals surface area (Å²) in [6, 6.07) is 13.2. The summed E-state index contributed by atoms with van der Waals surface area (Å²) in [5.41, 5.74) is 0.573. The molecule has 0 radical (unpaired) electrons. The molecule has 4 nitrogen and oxygen atoms in total. The lowest BCUT2D eigenvalue weighted by atomic mass is 10.0. The van der Waals surface area contributed by atoms with Crippen LogP contribution in [0, 0.1) is 0 Å². The van der Waals surface area contributed by atoms with Crippen molar-refractivity contribution in [2.75, 3.05) is 6.61 Å². The van der Waals surface area contributed by atoms with Crippen molar-refractivity contribution in [3.8, 4) is 0 Å². The van der Waals surface area contributed by atoms with Crippen molar-refractivity contribution in [3.63, 3.8) is 0 Å². The molecular weight excluding hydrogens is 467 g/mol. The summed E-state index contributed by atoms with van der Waals surface area (Å²) in [6.45, 7) is 2.65. The van der Waals surface area contributed by atoms with Crippen LogP contribution < -0.4 is 0 Å². The van der Waals surface area contributed by atoms with Gasteiger partial charge in [-0.2, -0.15) is 0 Å². The average Bonchev–Trinajstić information content (AvgIpc) is 2.86. The summed E-state index contributed by atoms with van der Waals surface area (Å²) in [5, 5.41) is 1.80. The number of rotatable bonds is 22. The molecule has 36 heavy (non-hydrogen) atoms. The molecule has 0 saturated carbocycles. The van der Waals surface area contributed by atoms with Gasteiger partial charge in [0.05, 0.1) is 0 Å². The molecule has 0 fully saturated rings. The minimum absolute atomic E-state index is 0.373. The fraction of sp³-hybridized carbons (Fsp3) is 0.677. The highest BCUT2D eigenvalue weighted by Crippen LogP contribution is 2.53. The normalized spacial score (nSPS) is 12.9. The summed E-state index contributed by atoms with van der Waals surface area (Å²) >= 11 is 0. The van der Waals surface area contributed by atoms with Crippen molar-refractivity contribution in [2.45, 2.75) is 128 Å². The van der Waals surface area contributed by atoms with Crippen molar-refractivity contribution in [3.05, 3.63) is 48.0 Å². The first-order valence-corrected chi connectivity index (χ1v) is 16.4. The summed E-state index contributed by atoms with van der Waals surface area (Å²) in [5.74, 6) is -1.20. The lowest BCUT2D eigenvalue weighted by molar-refractivity contribution is 0.0833. The van der Waals surface area contributed by atoms with Gasteiger partial charge in [-0.15, -0.1) is 0 Å². The van der Waals surface area contributed by atoms with Crippen molar-refractivity contribution in [1.29, 1.82) is 0 Å². The van der Waals surface area contributed by atoms with Crippen LogP contribution in [0.15, 0.2) is 42.5 Å². The first-order chi connectivity index (χ1) is 17.5. The van der Waals surface area contributed by atoms with E-state index in [1.54, 1.807) is 6.07 Å². The molecule has 0 amide bonds. The van der Waals surface area contributed by atoms with E-state index in [1.807, 2.05) is 36.4 Å². The minimum atomic E-state index is -4.42. The smallest absolute Gasteiger partial charge is 0.358 e. The van der Waals surface area contributed by atoms with Gasteiger partial charge >= 0.3 is 7.60 Å². The average molecular weight is 519 g/mol. The molecule has 0 heterocycles. The Hall–Kier alpha value is -1.19. The molecule has 1 unspecified atom stereocenters. The van der Waals surface area contributed by atoms with Crippen LogP contribution in [0.2, 0.25) is 0 Å². The SMILES string of the molecule is CCCCCCCCCCCCCCCCCCCCOC(c1cccc2ccccc12)P(=O)(O)O. The highest BCUT2D eigenvalue weighted by molar-refractivity contribution is 7.52. The van der Waals surface area contributed by atoms with Crippen molar-refractivity contribution < 1.29 is 19.1 Å². The van der Waals surface area contributed by atoms with Crippen molar-refractivity contribution >= 4 is 18.4 Å². The predicted molar refractivity (Wildman–Crippen MR) is 153 cm³/mol. The second kappa shape index (κ2) is 19.0. The maximum atomic E-state index is 12.2. The van der Waals surface area contributed by atoms with Crippen LogP contribution in [-0.2, 0) is 9.30 Å². The third kappa shape index (κ3) is 12.9. The first-order valence-electron chi connectivity index (χ1n) is 14.7. The molecule has 1 atom stereocenters. The number of fused-ring (bicyclic) bond motifs is 1. The molecule has 0 spiro atoms. The molecule has 0 aliphatic carbocycles. The monoisotopic (exact) mass is 518 g/mol. The van der Waals surface area contributed by atoms with Gasteiger partial charge in [0.2, 0.25) is 0 Å². The molecule has 0 aliphatic heterocycles. The van der Waals surface area contributed by atoms with Crippen LogP contribution in [0.1, 0.15) is 134 Å². The number of ether oxygens (including phenoxy) is 1. The Bertz CT molecular complexity index is 857. The van der Waals surface area contributed by atoms with Gasteiger partial charge in [0.1, 0.15) is 0 Å². The van der Waals surface area contributed by atoms with E-state index >= 15 is 0 Å². The Balaban J connectivity index is 1.47. The molecule has 0 aromatic heterocycles. The predicted octanol–water partition coefficient (Wildman–Crippen LogP) is 10.1. The van der Waals surface area contributed by atoms with Gasteiger partial charge < -0.3 is 14.5 Å². The highest BCUT2D eigenvalue weighted by Gasteiger charge is 2.32. The molecule has 0 bridgehead atoms. The Labute approximate surface area is 220 Å². The molecular formula is C31H51O4P. The zero-order chi connectivity index (χ0) is 25.9. The van der Waals surface area contributed by atoms with Crippen LogP contribution in [-0.4, -0.2) is 16.4 Å². The second-order valence-corrected chi connectivity index (χ2v) is 12.0. The van der Waals surface area contributed by atoms with Crippen LogP contribution in [0.3, 0.4) is 0 Å². The molecule has 2 N–H and O–H groups in total. The number of hydrogen-bond acceptors (Lipinski definition) is 2. The Kier molecular flexibility index (Phi) is 16.3. The van der Waals surface area contributed by atoms with E-state index in [-0.39, 0.29) is 0 Å². The fourth-order valence-electron chi connectivity index (χ4n) is 5.03. The Morgan fingerprint density at radius 1 is 0.639 bits per heavy atom. The van der Waals surface area contributed by atoms with Gasteiger partial charge in [-0.1, -0.05) is 159 Å². The van der Waals surface area contributed by atoms with Crippen LogP contribution in [0.25, 0.3) is 10.8 Å². The second-order valence-electron chi connectivity index (χ2n) is 10.4. The summed E-state index contributed by atoms with van der Waals surface area (Å²) in [4.78, 5) is 19.9. The van der Waals surface area contributed by atoms with Crippen molar-refractivity contribution in [2.24, 2.45) is 0 Å². The van der Waals surface area contributed by atoms with Crippen LogP contribution in [0.4, 0.5) is 0 Å². The zero-order valence-electron chi connectivity index (χ0n) is 22.7. The van der Waals surface area contributed by atoms with Gasteiger partial charge in [0.25, 0.3) is 0 Å². The molecule has 2 aromatic carbocycles. The summed E-state index contributed by atoms with van der Waals surface area (Å²) in [7, 11) is -4.42. The zero-order valence-corrected chi connectivity index (χ0v) is 23.6. The van der Waals surface area contributed by atoms with E-state index in [0.29, 0.717) is 12.2 Å². The highest BCUT2D eigenvalue weighted by atomic mass is 31.2. The molecule has 2 rings (SSSR count). The molecule has 0 saturated heterocycles. The maximum Gasteiger partial charge on any atom is 0.358 e. The third-order valence-electron chi connectivity index (χ3n) is 7.17. The molecule has 0 aliphatic rings. The standard InChI is InChI=1S/C31H51O4P/c1-2-3-4-5-6-7-8-9-10-11-12-13-14-15-16-17-18-21-27-35-31(36(32,33)34)30-26-22-24-28-23-19-20-25-29(28)30/h19-20,22-26,31H,2-18,21,27H2,1H3,(H2,32,33,34). The fourth-order valence-corrected chi connectivity index (χ4v) is 5.92. The van der Waals surface area contributed by atoms with Gasteiger partial charge in [-0.05, 0) is 17.2 Å². The van der Waals surface area contributed by atoms with Crippen LogP contribution in [0.5, 0.6) is 0 Å². The van der Waals surface area contributed by atoms with Gasteiger partial charge in [0.15, 0.2) is 5.85 Å². The van der Waals surface area contributed by atoms with E-state index in [1.165, 1.54) is 96.3 Å². The van der Waals surface area contributed by atoms with Crippen molar-refractivity contribution in [1.82, 2.24) is 0 Å². The largest absolute Gasteiger partial charge is 0.361 e. The van der Waals surface area contributed by atoms with E-state index in [9.17, 15) is 14.4 Å². The molecule has 5 heteroatoms. The van der Waals surface area contributed by atoms with E-state index < -0.39 is 13.4 Å². The van der Waals surface area contributed by atoms with E-state index in [0.717, 1.165) is 30.0 Å². The lowest BCUT2D eigenvalue weighted by Gasteiger charge is -2.21. The van der Waals surface area contributed by atoms with E-state index in [4.69, 9.17) is 4.74 Å². The summed E-state index contributed by atoms with van der Waals surface area (Å²) < 4.78 is 17.9. The quantitative estimate of drug-likeness (QED) is 0.120. The Morgan fingerprint density at radius 3 is 1.58 bits per heavy atom. The molecule has 2 aromatic rings. The first kappa shape index (κ1) is 31.0. The minimum Gasteiger partial charge on any atom is -0.361 e. The topological polar surface area (TPSA) is 66.8 Å². The van der Waals surface area contributed by atoms with Gasteiger partial charge in [-0.3, -0.25) is 4.57 Å². The number of hydrogen-bond donors (Lipinski definition) is 2. The van der Waals surface area contributed by atoms with Gasteiger partial charge in [0, 0.05) is 12.2 Å². The van der Waals surface area contributed by atoms with Crippen LogP contribution >= 0.6 is 7.60 Å². The maximum absolute atomic E-state index is 12.2. The molecule has 204 valence electrons. The lowest BCUT2D eigenvalue weighted by Crippen LogP contribution is -2.07. The Morgan fingerprint density at radius 2 is 1.08 bits per heavy atom. The van der Waals surface area contributed by atoms with E-state index in [2.05, 4.69) is 6.92 Å². The summed E-state index contributed by atoms with van der Waals surface area (Å²) in [6.07, 6.45) is 23.7. The third-order valence-corrected chi connectivity index (χ3v) is 8.21. The number of unbranched alkanes of at least 4 members (excludes halogenated alkanes) is 17. The van der Waals surface area contributed by atoms with Gasteiger partial charge in [-0.25, -0.2) is 0 Å².